The normalized spacial score (nSPS) is 17.1. The van der Waals surface area contributed by atoms with E-state index < -0.39 is 0 Å². The summed E-state index contributed by atoms with van der Waals surface area (Å²) in [6.45, 7) is 6.85. The van der Waals surface area contributed by atoms with E-state index in [1.807, 2.05) is 23.7 Å². The largest absolute Gasteiger partial charge is 0.376 e. The van der Waals surface area contributed by atoms with Crippen molar-refractivity contribution in [1.82, 2.24) is 30.1 Å². The molecule has 9 heteroatoms. The lowest BCUT2D eigenvalue weighted by Gasteiger charge is -2.30. The van der Waals surface area contributed by atoms with Crippen LogP contribution in [0.15, 0.2) is 46.6 Å². The smallest absolute Gasteiger partial charge is 0.252 e. The highest BCUT2D eigenvalue weighted by Gasteiger charge is 2.28. The van der Waals surface area contributed by atoms with Crippen molar-refractivity contribution >= 4 is 22.2 Å². The number of H-pyrrole nitrogens is 1. The predicted octanol–water partition coefficient (Wildman–Crippen LogP) is 4.22. The maximum Gasteiger partial charge on any atom is 0.252 e. The number of tetrazole rings is 1. The Morgan fingerprint density at radius 3 is 2.97 bits per heavy atom. The van der Waals surface area contributed by atoms with E-state index in [1.54, 1.807) is 11.3 Å². The van der Waals surface area contributed by atoms with Gasteiger partial charge in [-0.15, -0.1) is 16.4 Å². The number of thiophene rings is 1. The summed E-state index contributed by atoms with van der Waals surface area (Å²) in [5.74, 6) is 0.822. The molecule has 0 bridgehead atoms. The standard InChI is InChI=1S/C25H30N6O2S/c1-3-23(24-27-28-29-31(24)15-20-6-4-10-33-20)30(16-21-7-5-11-34-21)14-19-13-18-9-8-17(2)12-22(18)26-25(19)32/h5,7-9,11-13,20,23H,3-4,6,10,14-16H2,1-2H3,(H,26,32)/t20-,23-/m0/s1. The predicted molar refractivity (Wildman–Crippen MR) is 133 cm³/mol. The van der Waals surface area contributed by atoms with Crippen LogP contribution in [0.25, 0.3) is 10.9 Å². The number of benzene rings is 1. The van der Waals surface area contributed by atoms with Crippen molar-refractivity contribution < 1.29 is 4.74 Å². The van der Waals surface area contributed by atoms with Crippen molar-refractivity contribution in [2.75, 3.05) is 6.61 Å². The van der Waals surface area contributed by atoms with Crippen LogP contribution in [-0.2, 0) is 24.4 Å². The number of hydrogen-bond acceptors (Lipinski definition) is 7. The van der Waals surface area contributed by atoms with Crippen LogP contribution in [0.3, 0.4) is 0 Å². The van der Waals surface area contributed by atoms with E-state index in [1.165, 1.54) is 4.88 Å². The maximum atomic E-state index is 13.0. The Morgan fingerprint density at radius 1 is 1.29 bits per heavy atom. The first kappa shape index (κ1) is 22.9. The third-order valence-corrected chi connectivity index (χ3v) is 7.34. The molecule has 34 heavy (non-hydrogen) atoms. The number of aromatic amines is 1. The third-order valence-electron chi connectivity index (χ3n) is 6.48. The fraction of sp³-hybridized carbons (Fsp3) is 0.440. The van der Waals surface area contributed by atoms with Gasteiger partial charge in [-0.05, 0) is 71.1 Å². The second-order valence-corrected chi connectivity index (χ2v) is 10.0. The number of rotatable bonds is 9. The molecule has 1 fully saturated rings. The molecule has 2 atom stereocenters. The van der Waals surface area contributed by atoms with Crippen molar-refractivity contribution in [3.8, 4) is 0 Å². The number of ether oxygens (including phenoxy) is 1. The van der Waals surface area contributed by atoms with Crippen LogP contribution < -0.4 is 5.56 Å². The highest BCUT2D eigenvalue weighted by atomic mass is 32.1. The van der Waals surface area contributed by atoms with E-state index in [0.717, 1.165) is 53.7 Å². The average molecular weight is 479 g/mol. The van der Waals surface area contributed by atoms with Gasteiger partial charge in [0, 0.05) is 35.7 Å². The molecule has 0 saturated carbocycles. The minimum absolute atomic E-state index is 0.0355. The summed E-state index contributed by atoms with van der Waals surface area (Å²) in [5.41, 5.74) is 2.68. The van der Waals surface area contributed by atoms with Crippen molar-refractivity contribution in [2.24, 2.45) is 0 Å². The number of aryl methyl sites for hydroxylation is 1. The molecule has 0 amide bonds. The van der Waals surface area contributed by atoms with Crippen molar-refractivity contribution in [3.05, 3.63) is 74.0 Å². The number of pyridine rings is 1. The van der Waals surface area contributed by atoms with Crippen LogP contribution in [-0.4, -0.2) is 42.8 Å². The molecule has 5 rings (SSSR count). The van der Waals surface area contributed by atoms with Gasteiger partial charge in [0.25, 0.3) is 5.56 Å². The molecule has 1 aliphatic rings. The molecule has 0 aliphatic carbocycles. The lowest BCUT2D eigenvalue weighted by atomic mass is 10.1. The Labute approximate surface area is 202 Å². The second kappa shape index (κ2) is 10.2. The summed E-state index contributed by atoms with van der Waals surface area (Å²) in [6.07, 6.45) is 3.08. The average Bonchev–Trinajstić information content (AvgIpc) is 3.60. The number of fused-ring (bicyclic) bond motifs is 1. The molecule has 8 nitrogen and oxygen atoms in total. The highest BCUT2D eigenvalue weighted by Crippen LogP contribution is 2.28. The maximum absolute atomic E-state index is 13.0. The molecular weight excluding hydrogens is 448 g/mol. The first-order valence-corrected chi connectivity index (χ1v) is 12.8. The van der Waals surface area contributed by atoms with E-state index in [-0.39, 0.29) is 17.7 Å². The number of nitrogens with one attached hydrogen (secondary N) is 1. The van der Waals surface area contributed by atoms with Gasteiger partial charge in [0.2, 0.25) is 0 Å². The molecule has 3 aromatic heterocycles. The molecular formula is C25H30N6O2S. The van der Waals surface area contributed by atoms with E-state index >= 15 is 0 Å². The third kappa shape index (κ3) is 4.96. The van der Waals surface area contributed by atoms with Crippen LogP contribution in [0.4, 0.5) is 0 Å². The van der Waals surface area contributed by atoms with Crippen LogP contribution >= 0.6 is 11.3 Å². The zero-order valence-electron chi connectivity index (χ0n) is 19.6. The van der Waals surface area contributed by atoms with Crippen LogP contribution in [0.2, 0.25) is 0 Å². The molecule has 178 valence electrons. The summed E-state index contributed by atoms with van der Waals surface area (Å²) < 4.78 is 7.72. The van der Waals surface area contributed by atoms with Gasteiger partial charge in [-0.25, -0.2) is 4.68 Å². The van der Waals surface area contributed by atoms with Gasteiger partial charge in [-0.1, -0.05) is 25.1 Å². The first-order valence-electron chi connectivity index (χ1n) is 11.9. The van der Waals surface area contributed by atoms with Crippen molar-refractivity contribution in [1.29, 1.82) is 0 Å². The molecule has 1 aliphatic heterocycles. The van der Waals surface area contributed by atoms with Crippen molar-refractivity contribution in [2.45, 2.75) is 64.9 Å². The zero-order chi connectivity index (χ0) is 23.5. The highest BCUT2D eigenvalue weighted by molar-refractivity contribution is 7.09. The lowest BCUT2D eigenvalue weighted by molar-refractivity contribution is 0.0889. The van der Waals surface area contributed by atoms with Crippen LogP contribution in [0.5, 0.6) is 0 Å². The minimum atomic E-state index is -0.0527. The van der Waals surface area contributed by atoms with Crippen LogP contribution in [0, 0.1) is 6.92 Å². The number of aromatic nitrogens is 5. The summed E-state index contributed by atoms with van der Waals surface area (Å²) in [5, 5.41) is 15.8. The van der Waals surface area contributed by atoms with Gasteiger partial charge in [-0.3, -0.25) is 9.69 Å². The number of nitrogens with zero attached hydrogens (tertiary/aromatic N) is 5. The summed E-state index contributed by atoms with van der Waals surface area (Å²) in [6, 6.07) is 12.3. The SMILES string of the molecule is CC[C@@H](c1nnnn1C[C@@H]1CCCO1)N(Cc1cccs1)Cc1cc2ccc(C)cc2[nH]c1=O. The summed E-state index contributed by atoms with van der Waals surface area (Å²) >= 11 is 1.72. The Kier molecular flexibility index (Phi) is 6.85. The summed E-state index contributed by atoms with van der Waals surface area (Å²) in [4.78, 5) is 19.7. The second-order valence-electron chi connectivity index (χ2n) is 8.98. The van der Waals surface area contributed by atoms with E-state index in [9.17, 15) is 4.79 Å². The van der Waals surface area contributed by atoms with Gasteiger partial charge < -0.3 is 9.72 Å². The first-order chi connectivity index (χ1) is 16.6. The fourth-order valence-corrected chi connectivity index (χ4v) is 5.47. The molecule has 1 aromatic carbocycles. The monoisotopic (exact) mass is 478 g/mol. The topological polar surface area (TPSA) is 88.9 Å². The van der Waals surface area contributed by atoms with Crippen molar-refractivity contribution in [3.63, 3.8) is 0 Å². The molecule has 0 spiro atoms. The van der Waals surface area contributed by atoms with Gasteiger partial charge in [-0.2, -0.15) is 0 Å². The van der Waals surface area contributed by atoms with Gasteiger partial charge >= 0.3 is 0 Å². The van der Waals surface area contributed by atoms with Gasteiger partial charge in [0.15, 0.2) is 5.82 Å². The Bertz CT molecular complexity index is 1290. The Hall–Kier alpha value is -2.88. The molecule has 1 N–H and O–H groups in total. The molecule has 4 aromatic rings. The fourth-order valence-electron chi connectivity index (χ4n) is 4.74. The van der Waals surface area contributed by atoms with Crippen LogP contribution in [0.1, 0.15) is 54.1 Å². The van der Waals surface area contributed by atoms with E-state index in [4.69, 9.17) is 4.74 Å². The number of hydrogen-bond donors (Lipinski definition) is 1. The van der Waals surface area contributed by atoms with E-state index in [2.05, 4.69) is 62.0 Å². The minimum Gasteiger partial charge on any atom is -0.376 e. The van der Waals surface area contributed by atoms with Gasteiger partial charge in [0.05, 0.1) is 18.7 Å². The lowest BCUT2D eigenvalue weighted by Crippen LogP contribution is -2.33. The summed E-state index contributed by atoms with van der Waals surface area (Å²) in [7, 11) is 0. The molecule has 1 saturated heterocycles. The Balaban J connectivity index is 1.48. The zero-order valence-corrected chi connectivity index (χ0v) is 20.4. The molecule has 0 unspecified atom stereocenters. The quantitative estimate of drug-likeness (QED) is 0.388. The Morgan fingerprint density at radius 2 is 2.21 bits per heavy atom. The van der Waals surface area contributed by atoms with E-state index in [0.29, 0.717) is 19.6 Å². The molecule has 0 radical (unpaired) electrons. The molecule has 4 heterocycles. The van der Waals surface area contributed by atoms with Gasteiger partial charge in [0.1, 0.15) is 0 Å².